The van der Waals surface area contributed by atoms with Crippen LogP contribution in [-0.2, 0) is 16.0 Å². The fourth-order valence-electron chi connectivity index (χ4n) is 2.65. The largest absolute Gasteiger partial charge is 0.490 e. The van der Waals surface area contributed by atoms with Gasteiger partial charge in [0.1, 0.15) is 12.4 Å². The summed E-state index contributed by atoms with van der Waals surface area (Å²) < 4.78 is 10.9. The Labute approximate surface area is 181 Å². The van der Waals surface area contributed by atoms with E-state index in [-0.39, 0.29) is 5.38 Å². The summed E-state index contributed by atoms with van der Waals surface area (Å²) in [5.41, 5.74) is 2.68. The van der Waals surface area contributed by atoms with Gasteiger partial charge in [0.15, 0.2) is 6.10 Å². The second kappa shape index (κ2) is 11.7. The lowest BCUT2D eigenvalue weighted by Gasteiger charge is -2.12. The lowest BCUT2D eigenvalue weighted by molar-refractivity contribution is -0.149. The standard InChI is InChI=1S/C23H24Cl2O4/c1-3-28-22(23(26)27)14-17-6-8-21(9-7-17)29-11-10-16(2)4-5-18-12-19(24)15-20(25)13-18/h6-10,12,15,20,22H,3,11,13-14H2,1-2H3,(H,26,27)/b16-10+. The number of benzene rings is 1. The van der Waals surface area contributed by atoms with E-state index >= 15 is 0 Å². The molecule has 6 heteroatoms. The molecule has 0 bridgehead atoms. The maximum absolute atomic E-state index is 11.2. The van der Waals surface area contributed by atoms with Gasteiger partial charge >= 0.3 is 5.97 Å². The summed E-state index contributed by atoms with van der Waals surface area (Å²) in [6, 6.07) is 7.32. The van der Waals surface area contributed by atoms with Gasteiger partial charge in [0.2, 0.25) is 0 Å². The van der Waals surface area contributed by atoms with Crippen molar-refractivity contribution < 1.29 is 19.4 Å². The fourth-order valence-corrected chi connectivity index (χ4v) is 3.30. The minimum atomic E-state index is -0.960. The number of alkyl halides is 1. The molecular formula is C23H24Cl2O4. The third-order valence-electron chi connectivity index (χ3n) is 4.11. The Hall–Kier alpha value is -2.19. The number of hydrogen-bond acceptors (Lipinski definition) is 3. The molecule has 0 amide bonds. The Morgan fingerprint density at radius 2 is 2.10 bits per heavy atom. The second-order valence-corrected chi connectivity index (χ2v) is 7.52. The molecule has 1 N–H and O–H groups in total. The van der Waals surface area contributed by atoms with Crippen LogP contribution in [0.3, 0.4) is 0 Å². The summed E-state index contributed by atoms with van der Waals surface area (Å²) in [5, 5.41) is 9.65. The third kappa shape index (κ3) is 8.37. The van der Waals surface area contributed by atoms with E-state index in [0.717, 1.165) is 16.7 Å². The highest BCUT2D eigenvalue weighted by Gasteiger charge is 2.17. The molecule has 0 saturated heterocycles. The van der Waals surface area contributed by atoms with Gasteiger partial charge in [0.05, 0.1) is 5.38 Å². The number of hydrogen-bond donors (Lipinski definition) is 1. The van der Waals surface area contributed by atoms with Crippen LogP contribution in [0.2, 0.25) is 0 Å². The van der Waals surface area contributed by atoms with E-state index in [4.69, 9.17) is 37.8 Å². The predicted molar refractivity (Wildman–Crippen MR) is 117 cm³/mol. The smallest absolute Gasteiger partial charge is 0.333 e. The Morgan fingerprint density at radius 1 is 1.38 bits per heavy atom. The van der Waals surface area contributed by atoms with E-state index in [0.29, 0.717) is 36.8 Å². The number of aliphatic carboxylic acids is 1. The molecule has 29 heavy (non-hydrogen) atoms. The number of carboxylic acid groups (broad SMARTS) is 1. The Balaban J connectivity index is 1.86. The molecule has 2 atom stereocenters. The molecule has 2 unspecified atom stereocenters. The van der Waals surface area contributed by atoms with Crippen molar-refractivity contribution in [2.24, 2.45) is 0 Å². The highest BCUT2D eigenvalue weighted by molar-refractivity contribution is 6.32. The normalized spacial score (nSPS) is 17.5. The molecule has 0 aromatic heterocycles. The van der Waals surface area contributed by atoms with Gasteiger partial charge in [0, 0.05) is 30.1 Å². The topological polar surface area (TPSA) is 55.8 Å². The molecule has 0 radical (unpaired) electrons. The molecule has 1 aliphatic carbocycles. The van der Waals surface area contributed by atoms with E-state index in [1.54, 1.807) is 13.0 Å². The molecule has 1 aromatic rings. The molecule has 0 aliphatic heterocycles. The molecule has 4 nitrogen and oxygen atoms in total. The van der Waals surface area contributed by atoms with Crippen LogP contribution in [0.1, 0.15) is 25.8 Å². The summed E-state index contributed by atoms with van der Waals surface area (Å²) in [6.45, 7) is 4.44. The first-order valence-electron chi connectivity index (χ1n) is 9.34. The monoisotopic (exact) mass is 434 g/mol. The maximum atomic E-state index is 11.2. The Morgan fingerprint density at radius 3 is 2.72 bits per heavy atom. The molecule has 0 heterocycles. The maximum Gasteiger partial charge on any atom is 0.333 e. The van der Waals surface area contributed by atoms with Crippen molar-refractivity contribution in [2.45, 2.75) is 38.2 Å². The van der Waals surface area contributed by atoms with E-state index in [2.05, 4.69) is 11.8 Å². The van der Waals surface area contributed by atoms with Gasteiger partial charge < -0.3 is 14.6 Å². The quantitative estimate of drug-likeness (QED) is 0.456. The SMILES string of the molecule is CCOC(Cc1ccc(OC/C=C(\C)C#CC2=CC(Cl)=CC(Cl)C2)cc1)C(=O)O. The molecule has 154 valence electrons. The fraction of sp³-hybridized carbons (Fsp3) is 0.348. The zero-order chi connectivity index (χ0) is 21.2. The number of carboxylic acids is 1. The van der Waals surface area contributed by atoms with Crippen molar-refractivity contribution >= 4 is 29.2 Å². The summed E-state index contributed by atoms with van der Waals surface area (Å²) in [5.74, 6) is 5.91. The van der Waals surface area contributed by atoms with Crippen molar-refractivity contribution in [3.8, 4) is 17.6 Å². The van der Waals surface area contributed by atoms with Crippen molar-refractivity contribution in [1.82, 2.24) is 0 Å². The molecule has 1 aromatic carbocycles. The number of rotatable bonds is 8. The molecule has 0 fully saturated rings. The van der Waals surface area contributed by atoms with Crippen LogP contribution < -0.4 is 4.74 Å². The van der Waals surface area contributed by atoms with E-state index in [9.17, 15) is 4.79 Å². The average molecular weight is 435 g/mol. The van der Waals surface area contributed by atoms with Gasteiger partial charge in [0.25, 0.3) is 0 Å². The average Bonchev–Trinajstić information content (AvgIpc) is 2.66. The number of ether oxygens (including phenoxy) is 2. The van der Waals surface area contributed by atoms with Crippen molar-refractivity contribution in [3.05, 3.63) is 64.2 Å². The number of carbonyl (C=O) groups is 1. The van der Waals surface area contributed by atoms with Gasteiger partial charge in [-0.05, 0) is 55.3 Å². The van der Waals surface area contributed by atoms with E-state index < -0.39 is 12.1 Å². The highest BCUT2D eigenvalue weighted by Crippen LogP contribution is 2.23. The Kier molecular flexibility index (Phi) is 9.34. The summed E-state index contributed by atoms with van der Waals surface area (Å²) in [7, 11) is 0. The number of allylic oxidation sites excluding steroid dienone is 5. The number of halogens is 2. The first-order chi connectivity index (χ1) is 13.9. The van der Waals surface area contributed by atoms with E-state index in [1.165, 1.54) is 0 Å². The molecular weight excluding hydrogens is 411 g/mol. The predicted octanol–water partition coefficient (Wildman–Crippen LogP) is 5.11. The lowest BCUT2D eigenvalue weighted by atomic mass is 10.0. The van der Waals surface area contributed by atoms with Crippen LogP contribution in [0.25, 0.3) is 0 Å². The van der Waals surface area contributed by atoms with Crippen molar-refractivity contribution in [3.63, 3.8) is 0 Å². The van der Waals surface area contributed by atoms with Crippen molar-refractivity contribution in [1.29, 1.82) is 0 Å². The van der Waals surface area contributed by atoms with Crippen LogP contribution in [0.4, 0.5) is 0 Å². The highest BCUT2D eigenvalue weighted by atomic mass is 35.5. The first-order valence-corrected chi connectivity index (χ1v) is 10.2. The van der Waals surface area contributed by atoms with Gasteiger partial charge in [-0.25, -0.2) is 4.79 Å². The van der Waals surface area contributed by atoms with Crippen LogP contribution in [0, 0.1) is 11.8 Å². The zero-order valence-corrected chi connectivity index (χ0v) is 18.0. The van der Waals surface area contributed by atoms with Crippen LogP contribution in [0.15, 0.2) is 58.7 Å². The summed E-state index contributed by atoms with van der Waals surface area (Å²) in [6.07, 6.45) is 5.68. The minimum Gasteiger partial charge on any atom is -0.490 e. The van der Waals surface area contributed by atoms with Crippen LogP contribution in [0.5, 0.6) is 5.75 Å². The van der Waals surface area contributed by atoms with Gasteiger partial charge in [-0.15, -0.1) is 11.6 Å². The summed E-state index contributed by atoms with van der Waals surface area (Å²) >= 11 is 12.1. The van der Waals surface area contributed by atoms with Gasteiger partial charge in [-0.1, -0.05) is 35.6 Å². The molecule has 1 aliphatic rings. The zero-order valence-electron chi connectivity index (χ0n) is 16.5. The van der Waals surface area contributed by atoms with Crippen molar-refractivity contribution in [2.75, 3.05) is 13.2 Å². The van der Waals surface area contributed by atoms with Crippen LogP contribution in [-0.4, -0.2) is 35.8 Å². The third-order valence-corrected chi connectivity index (χ3v) is 4.63. The lowest BCUT2D eigenvalue weighted by Crippen LogP contribution is -2.26. The minimum absolute atomic E-state index is 0.119. The van der Waals surface area contributed by atoms with E-state index in [1.807, 2.05) is 43.3 Å². The summed E-state index contributed by atoms with van der Waals surface area (Å²) in [4.78, 5) is 11.2. The van der Waals surface area contributed by atoms with Gasteiger partial charge in [-0.2, -0.15) is 0 Å². The van der Waals surface area contributed by atoms with Gasteiger partial charge in [-0.3, -0.25) is 0 Å². The molecule has 0 spiro atoms. The molecule has 2 rings (SSSR count). The first kappa shape index (κ1) is 23.1. The van der Waals surface area contributed by atoms with Crippen LogP contribution >= 0.6 is 23.2 Å². The molecule has 0 saturated carbocycles. The second-order valence-electron chi connectivity index (χ2n) is 6.52. The Bertz CT molecular complexity index is 857.